The van der Waals surface area contributed by atoms with Crippen LogP contribution in [0.4, 0.5) is 5.82 Å². The van der Waals surface area contributed by atoms with Gasteiger partial charge in [0.15, 0.2) is 5.82 Å². The Balaban J connectivity index is 1.62. The van der Waals surface area contributed by atoms with Gasteiger partial charge in [0, 0.05) is 31.4 Å². The van der Waals surface area contributed by atoms with Gasteiger partial charge in [-0.3, -0.25) is 4.79 Å². The van der Waals surface area contributed by atoms with Gasteiger partial charge in [-0.1, -0.05) is 49.7 Å². The van der Waals surface area contributed by atoms with Crippen molar-refractivity contribution in [3.8, 4) is 0 Å². The lowest BCUT2D eigenvalue weighted by Gasteiger charge is -2.25. The molecule has 0 unspecified atom stereocenters. The average molecular weight is 472 g/mol. The van der Waals surface area contributed by atoms with E-state index in [4.69, 9.17) is 10.7 Å². The summed E-state index contributed by atoms with van der Waals surface area (Å²) in [7, 11) is 3.85. The summed E-state index contributed by atoms with van der Waals surface area (Å²) in [4.78, 5) is 26.4. The molecule has 0 aliphatic carbocycles. The Bertz CT molecular complexity index is 1280. The number of carbonyl (C=O) groups excluding carboxylic acids is 1. The first-order valence-electron chi connectivity index (χ1n) is 12.4. The number of rotatable bonds is 11. The minimum absolute atomic E-state index is 0.124. The van der Waals surface area contributed by atoms with Gasteiger partial charge < -0.3 is 20.1 Å². The number of fused-ring (bicyclic) bond motifs is 3. The van der Waals surface area contributed by atoms with Crippen molar-refractivity contribution in [1.29, 1.82) is 0 Å². The van der Waals surface area contributed by atoms with Crippen LogP contribution in [0.15, 0.2) is 48.5 Å². The van der Waals surface area contributed by atoms with E-state index in [9.17, 15) is 4.79 Å². The summed E-state index contributed by atoms with van der Waals surface area (Å²) in [6.45, 7) is 4.58. The zero-order valence-corrected chi connectivity index (χ0v) is 21.0. The lowest BCUT2D eigenvalue weighted by atomic mass is 10.1. The maximum absolute atomic E-state index is 13.0. The van der Waals surface area contributed by atoms with Crippen LogP contribution in [0.5, 0.6) is 0 Å². The number of anilines is 1. The molecule has 1 amide bonds. The molecule has 0 aliphatic heterocycles. The predicted molar refractivity (Wildman–Crippen MR) is 142 cm³/mol. The number of nitrogens with zero attached hydrogens (tertiary/aromatic N) is 5. The highest BCUT2D eigenvalue weighted by Gasteiger charge is 2.19. The van der Waals surface area contributed by atoms with E-state index in [2.05, 4.69) is 28.6 Å². The zero-order valence-electron chi connectivity index (χ0n) is 21.0. The highest BCUT2D eigenvalue weighted by atomic mass is 16.2. The minimum atomic E-state index is 0.124. The van der Waals surface area contributed by atoms with Gasteiger partial charge in [0.05, 0.1) is 17.6 Å². The average Bonchev–Trinajstić information content (AvgIpc) is 3.21. The molecule has 7 nitrogen and oxygen atoms in total. The number of carbonyl (C=O) groups is 1. The second-order valence-corrected chi connectivity index (χ2v) is 9.31. The third-order valence-corrected chi connectivity index (χ3v) is 6.20. The largest absolute Gasteiger partial charge is 0.382 e. The normalized spacial score (nSPS) is 11.5. The number of likely N-dealkylation sites (N-methyl/N-ethyl adjacent to an activating group) is 1. The van der Waals surface area contributed by atoms with Gasteiger partial charge in [0.2, 0.25) is 5.91 Å². The van der Waals surface area contributed by atoms with E-state index < -0.39 is 0 Å². The summed E-state index contributed by atoms with van der Waals surface area (Å²) in [5.41, 5.74) is 10.1. The molecule has 2 N–H and O–H groups in total. The van der Waals surface area contributed by atoms with E-state index in [-0.39, 0.29) is 5.91 Å². The number of hydrogen-bond acceptors (Lipinski definition) is 5. The molecule has 0 fully saturated rings. The number of aryl methyl sites for hydroxylation is 2. The van der Waals surface area contributed by atoms with E-state index in [1.54, 1.807) is 0 Å². The molecular formula is C28H35N6O. The number of nitrogen functional groups attached to an aromatic ring is 1. The highest BCUT2D eigenvalue weighted by molar-refractivity contribution is 6.06. The van der Waals surface area contributed by atoms with Crippen molar-refractivity contribution in [3.63, 3.8) is 0 Å². The van der Waals surface area contributed by atoms with E-state index >= 15 is 0 Å². The number of unbranched alkanes of at least 4 members (excludes halogenated alkanes) is 1. The van der Waals surface area contributed by atoms with Gasteiger partial charge in [0.1, 0.15) is 11.3 Å². The quantitative estimate of drug-likeness (QED) is 0.353. The Hall–Kier alpha value is -3.45. The van der Waals surface area contributed by atoms with Crippen LogP contribution in [0, 0.1) is 6.07 Å². The SMILES string of the molecule is CCCCc1nc2c(N)nc3ccccc3c2n1CCCN(Cc1c[c]ccc1)C(=O)CN(C)C. The monoisotopic (exact) mass is 471 g/mol. The zero-order chi connectivity index (χ0) is 24.8. The second-order valence-electron chi connectivity index (χ2n) is 9.31. The van der Waals surface area contributed by atoms with Crippen molar-refractivity contribution in [2.45, 2.75) is 45.7 Å². The molecule has 4 rings (SSSR count). The first-order valence-corrected chi connectivity index (χ1v) is 12.4. The Kier molecular flexibility index (Phi) is 7.98. The number of benzene rings is 2. The van der Waals surface area contributed by atoms with E-state index in [0.717, 1.165) is 65.6 Å². The molecule has 0 saturated heterocycles. The number of pyridine rings is 1. The van der Waals surface area contributed by atoms with Crippen LogP contribution in [0.1, 0.15) is 37.6 Å². The summed E-state index contributed by atoms with van der Waals surface area (Å²) in [5, 5.41) is 1.06. The fourth-order valence-corrected chi connectivity index (χ4v) is 4.50. The number of amides is 1. The summed E-state index contributed by atoms with van der Waals surface area (Å²) >= 11 is 0. The van der Waals surface area contributed by atoms with Crippen LogP contribution in [-0.4, -0.2) is 57.4 Å². The molecule has 4 aromatic rings. The van der Waals surface area contributed by atoms with Crippen molar-refractivity contribution < 1.29 is 4.79 Å². The van der Waals surface area contributed by atoms with E-state index in [0.29, 0.717) is 25.5 Å². The van der Waals surface area contributed by atoms with Crippen molar-refractivity contribution in [2.75, 3.05) is 32.9 Å². The first kappa shape index (κ1) is 24.7. The van der Waals surface area contributed by atoms with Crippen LogP contribution >= 0.6 is 0 Å². The van der Waals surface area contributed by atoms with Crippen LogP contribution in [-0.2, 0) is 24.3 Å². The summed E-state index contributed by atoms with van der Waals surface area (Å²) in [6.07, 6.45) is 3.87. The third kappa shape index (κ3) is 5.80. The second kappa shape index (κ2) is 11.3. The molecule has 1 radical (unpaired) electrons. The number of imidazole rings is 1. The Labute approximate surface area is 207 Å². The van der Waals surface area contributed by atoms with Crippen LogP contribution in [0.2, 0.25) is 0 Å². The summed E-state index contributed by atoms with van der Waals surface area (Å²) in [5.74, 6) is 1.63. The minimum Gasteiger partial charge on any atom is -0.382 e. The van der Waals surface area contributed by atoms with Crippen molar-refractivity contribution in [2.24, 2.45) is 0 Å². The Morgan fingerprint density at radius 3 is 2.69 bits per heavy atom. The lowest BCUT2D eigenvalue weighted by molar-refractivity contribution is -0.132. The predicted octanol–water partition coefficient (Wildman–Crippen LogP) is 4.29. The van der Waals surface area contributed by atoms with E-state index in [1.165, 1.54) is 0 Å². The van der Waals surface area contributed by atoms with Gasteiger partial charge in [-0.05, 0) is 50.7 Å². The Morgan fingerprint density at radius 2 is 1.94 bits per heavy atom. The smallest absolute Gasteiger partial charge is 0.237 e. The third-order valence-electron chi connectivity index (χ3n) is 6.20. The number of hydrogen-bond donors (Lipinski definition) is 1. The van der Waals surface area contributed by atoms with Gasteiger partial charge in [0.25, 0.3) is 0 Å². The molecule has 0 atom stereocenters. The van der Waals surface area contributed by atoms with Crippen LogP contribution in [0.25, 0.3) is 21.9 Å². The lowest BCUT2D eigenvalue weighted by Crippen LogP contribution is -2.38. The molecule has 0 bridgehead atoms. The number of nitrogens with two attached hydrogens (primary N) is 1. The molecular weight excluding hydrogens is 436 g/mol. The summed E-state index contributed by atoms with van der Waals surface area (Å²) in [6, 6.07) is 19.0. The number of aromatic nitrogens is 3. The molecule has 183 valence electrons. The molecule has 35 heavy (non-hydrogen) atoms. The van der Waals surface area contributed by atoms with Crippen molar-refractivity contribution in [1.82, 2.24) is 24.3 Å². The molecule has 7 heteroatoms. The Morgan fingerprint density at radius 1 is 1.11 bits per heavy atom. The first-order chi connectivity index (χ1) is 17.0. The molecule has 0 aliphatic rings. The van der Waals surface area contributed by atoms with Crippen LogP contribution < -0.4 is 5.73 Å². The highest BCUT2D eigenvalue weighted by Crippen LogP contribution is 2.29. The van der Waals surface area contributed by atoms with Gasteiger partial charge in [-0.25, -0.2) is 9.97 Å². The van der Waals surface area contributed by atoms with Gasteiger partial charge in [-0.15, -0.1) is 0 Å². The molecule has 2 heterocycles. The summed E-state index contributed by atoms with van der Waals surface area (Å²) < 4.78 is 2.30. The fraction of sp³-hybridized carbons (Fsp3) is 0.393. The van der Waals surface area contributed by atoms with Crippen molar-refractivity contribution in [3.05, 3.63) is 66.0 Å². The fourth-order valence-electron chi connectivity index (χ4n) is 4.50. The molecule has 2 aromatic carbocycles. The molecule has 0 spiro atoms. The maximum Gasteiger partial charge on any atom is 0.237 e. The molecule has 2 aromatic heterocycles. The van der Waals surface area contributed by atoms with Gasteiger partial charge >= 0.3 is 0 Å². The topological polar surface area (TPSA) is 80.3 Å². The van der Waals surface area contributed by atoms with Crippen molar-refractivity contribution >= 4 is 33.7 Å². The molecule has 0 saturated carbocycles. The van der Waals surface area contributed by atoms with E-state index in [1.807, 2.05) is 66.4 Å². The standard InChI is InChI=1S/C28H35N6O/c1-4-5-16-24-31-26-27(22-14-9-10-15-23(22)30-28(26)29)34(24)18-11-17-33(25(35)20-32(2)3)19-21-12-7-6-8-13-21/h6-7,9-10,12-15H,4-5,11,16-20H2,1-3H3,(H2,29,30). The number of para-hydroxylation sites is 1. The van der Waals surface area contributed by atoms with Crippen LogP contribution in [0.3, 0.4) is 0 Å². The maximum atomic E-state index is 13.0. The van der Waals surface area contributed by atoms with Gasteiger partial charge in [-0.2, -0.15) is 0 Å².